The van der Waals surface area contributed by atoms with Crippen molar-refractivity contribution >= 4 is 47.8 Å². The first-order valence-corrected chi connectivity index (χ1v) is 31.0. The fourth-order valence-electron chi connectivity index (χ4n) is 18.1. The van der Waals surface area contributed by atoms with Gasteiger partial charge in [0.1, 0.15) is 24.9 Å². The maximum absolute atomic E-state index is 13.2. The van der Waals surface area contributed by atoms with Gasteiger partial charge in [-0.15, -0.1) is 0 Å². The van der Waals surface area contributed by atoms with E-state index in [9.17, 15) is 43.5 Å². The Hall–Kier alpha value is -4.86. The first-order valence-electron chi connectivity index (χ1n) is 31.0. The van der Waals surface area contributed by atoms with Gasteiger partial charge in [-0.25, -0.2) is 0 Å². The average Bonchev–Trinajstić information content (AvgIpc) is 1.45. The van der Waals surface area contributed by atoms with Gasteiger partial charge in [-0.05, 0) is 100 Å². The number of ether oxygens (including phenoxy) is 16. The predicted octanol–water partition coefficient (Wildman–Crippen LogP) is 5.56. The number of rotatable bonds is 16. The number of esters is 8. The van der Waals surface area contributed by atoms with Crippen LogP contribution in [0.3, 0.4) is 0 Å². The van der Waals surface area contributed by atoms with Crippen LogP contribution >= 0.6 is 0 Å². The van der Waals surface area contributed by atoms with Crippen molar-refractivity contribution in [2.45, 2.75) is 272 Å². The fourth-order valence-corrected chi connectivity index (χ4v) is 18.1. The van der Waals surface area contributed by atoms with Gasteiger partial charge < -0.3 is 80.9 Å². The maximum atomic E-state index is 13.2. The molecule has 88 heavy (non-hydrogen) atoms. The quantitative estimate of drug-likeness (QED) is 0.0855. The molecule has 0 aromatic heterocycles. The van der Waals surface area contributed by atoms with Crippen molar-refractivity contribution in [2.75, 3.05) is 19.8 Å². The van der Waals surface area contributed by atoms with E-state index in [2.05, 4.69) is 33.8 Å². The van der Waals surface area contributed by atoms with Crippen molar-refractivity contribution in [3.8, 4) is 0 Å². The largest absolute Gasteiger partial charge is 0.463 e. The molecular formula is C63H92O25. The standard InChI is InChI=1S/C63H92O25/c1-29(2)23-39-24-61(16,72)54-40-17-18-44-59(14)21-20-45(58(12,13)43(59)19-22-60(44,15)62(40)27-63(54,88-39)75-28-62)85-55-51(87-56-52(82-37(10)70)49(80-35(8)68)46(30(3)76-56)78-33(6)66)48(41(26-74-55)77-32(5)65)86-57-53(83-38(11)71)50(81-36(9)69)47(79-34(7)67)42(84-57)25-73-31(4)64/h23,30,39-57,72H,17-22,24-28H2,1-16H3/t30-,39+,40?,41-,42-,43?,44-,45+,46-,47-,48-,49+,50+,51+,52-,53-,54?,55+,56-,57+,59+,60-,61?,62+,63+/m1/s1. The summed E-state index contributed by atoms with van der Waals surface area (Å²) in [6, 6.07) is 0. The van der Waals surface area contributed by atoms with Gasteiger partial charge in [-0.3, -0.25) is 38.4 Å². The van der Waals surface area contributed by atoms with Crippen LogP contribution in [0.4, 0.5) is 0 Å². The lowest BCUT2D eigenvalue weighted by Crippen LogP contribution is -2.68. The third-order valence-corrected chi connectivity index (χ3v) is 20.9. The van der Waals surface area contributed by atoms with Crippen LogP contribution in [0.2, 0.25) is 0 Å². The summed E-state index contributed by atoms with van der Waals surface area (Å²) in [6.07, 6.45) is -14.8. The van der Waals surface area contributed by atoms with Crippen LogP contribution in [0.15, 0.2) is 11.6 Å². The van der Waals surface area contributed by atoms with E-state index < -0.39 is 170 Å². The molecule has 5 heterocycles. The zero-order valence-electron chi connectivity index (χ0n) is 53.6. The highest BCUT2D eigenvalue weighted by atomic mass is 16.8. The summed E-state index contributed by atoms with van der Waals surface area (Å²) in [5.74, 6) is -7.32. The van der Waals surface area contributed by atoms with E-state index in [1.165, 1.54) is 6.92 Å². The van der Waals surface area contributed by atoms with Crippen LogP contribution in [0.1, 0.15) is 162 Å². The molecule has 1 N–H and O–H groups in total. The molecule has 5 aliphatic heterocycles. The minimum atomic E-state index is -1.87. The number of carbonyl (C=O) groups excluding carboxylic acids is 8. The SMILES string of the molecule is CC(=O)OC[C@H]1O[C@@H](O[C@H]2[C@H](O[C@H]3O[C@H](C)[C@@H](OC(C)=O)[C@H](OC(C)=O)[C@H]3OC(C)=O)[C@H](O[C@H]3CC[C@@]4(C)C(CC[C@]5(C)[C@@H]4CCC4C6C(C)(O)C[C@H](C=C(C)C)O[C@@]67C[C@]45CO7)C3(C)C)OC[C@H]2OC(C)=O)[C@H](OC(C)=O)[C@@H](OC(C)=O)[C@@H]1OC(C)=O. The molecular weight excluding hydrogens is 1160 g/mol. The van der Waals surface area contributed by atoms with Gasteiger partial charge in [0.05, 0.1) is 37.1 Å². The van der Waals surface area contributed by atoms with Crippen molar-refractivity contribution in [3.05, 3.63) is 11.6 Å². The van der Waals surface area contributed by atoms with Crippen molar-refractivity contribution < 1.29 is 119 Å². The summed E-state index contributed by atoms with van der Waals surface area (Å²) in [6.45, 7) is 25.2. The summed E-state index contributed by atoms with van der Waals surface area (Å²) >= 11 is 0. The van der Waals surface area contributed by atoms with Gasteiger partial charge in [0, 0.05) is 79.6 Å². The summed E-state index contributed by atoms with van der Waals surface area (Å²) in [7, 11) is 0. The molecule has 25 atom stereocenters. The molecule has 4 unspecified atom stereocenters. The van der Waals surface area contributed by atoms with Gasteiger partial charge in [0.25, 0.3) is 0 Å². The smallest absolute Gasteiger partial charge is 0.303 e. The molecule has 0 aromatic rings. The molecule has 25 heteroatoms. The highest BCUT2D eigenvalue weighted by Crippen LogP contribution is 2.80. The maximum Gasteiger partial charge on any atom is 0.303 e. The predicted molar refractivity (Wildman–Crippen MR) is 300 cm³/mol. The van der Waals surface area contributed by atoms with Crippen molar-refractivity contribution in [2.24, 2.45) is 45.3 Å². The molecule has 25 nitrogen and oxygen atoms in total. The third kappa shape index (κ3) is 12.8. The summed E-state index contributed by atoms with van der Waals surface area (Å²) in [5.41, 5.74) is -1.13. The fraction of sp³-hybridized carbons (Fsp3) is 0.841. The van der Waals surface area contributed by atoms with Gasteiger partial charge in [-0.1, -0.05) is 39.3 Å². The Labute approximate surface area is 514 Å². The van der Waals surface area contributed by atoms with Crippen LogP contribution < -0.4 is 0 Å². The molecule has 494 valence electrons. The molecule has 4 saturated carbocycles. The first-order chi connectivity index (χ1) is 41.1. The van der Waals surface area contributed by atoms with Crippen LogP contribution in [0.25, 0.3) is 0 Å². The molecule has 9 aliphatic rings. The van der Waals surface area contributed by atoms with Crippen LogP contribution in [0, 0.1) is 45.3 Å². The number of carbonyl (C=O) groups is 8. The zero-order chi connectivity index (χ0) is 64.5. The van der Waals surface area contributed by atoms with Crippen molar-refractivity contribution in [3.63, 3.8) is 0 Å². The van der Waals surface area contributed by atoms with Gasteiger partial charge >= 0.3 is 47.8 Å². The normalized spacial score (nSPS) is 44.6. The number of hydrogen-bond acceptors (Lipinski definition) is 25. The Morgan fingerprint density at radius 1 is 0.557 bits per heavy atom. The highest BCUT2D eigenvalue weighted by Gasteiger charge is 2.81. The van der Waals surface area contributed by atoms with Gasteiger partial charge in [0.2, 0.25) is 0 Å². The number of aliphatic hydroxyl groups is 1. The van der Waals surface area contributed by atoms with Crippen molar-refractivity contribution in [1.82, 2.24) is 0 Å². The molecule has 2 spiro atoms. The molecule has 9 fully saturated rings. The Bertz CT molecular complexity index is 2700. The summed E-state index contributed by atoms with van der Waals surface area (Å²) in [4.78, 5) is 103. The lowest BCUT2D eigenvalue weighted by Gasteiger charge is -2.70. The van der Waals surface area contributed by atoms with E-state index in [-0.39, 0.29) is 46.0 Å². The lowest BCUT2D eigenvalue weighted by atomic mass is 9.35. The minimum Gasteiger partial charge on any atom is -0.463 e. The first kappa shape index (κ1) is 67.5. The van der Waals surface area contributed by atoms with E-state index >= 15 is 0 Å². The van der Waals surface area contributed by atoms with Crippen molar-refractivity contribution in [1.29, 1.82) is 0 Å². The number of allylic oxidation sites excluding steroid dienone is 1. The van der Waals surface area contributed by atoms with E-state index in [0.29, 0.717) is 25.9 Å². The molecule has 0 radical (unpaired) electrons. The van der Waals surface area contributed by atoms with E-state index in [1.54, 1.807) is 0 Å². The van der Waals surface area contributed by atoms with E-state index in [4.69, 9.17) is 75.8 Å². The van der Waals surface area contributed by atoms with Crippen LogP contribution in [0.5, 0.6) is 0 Å². The second-order valence-electron chi connectivity index (χ2n) is 27.7. The molecule has 5 saturated heterocycles. The molecule has 2 bridgehead atoms. The number of hydrogen-bond donors (Lipinski definition) is 1. The topological polar surface area (TPSA) is 304 Å². The second-order valence-corrected chi connectivity index (χ2v) is 27.7. The Morgan fingerprint density at radius 3 is 1.68 bits per heavy atom. The third-order valence-electron chi connectivity index (χ3n) is 20.9. The van der Waals surface area contributed by atoms with Crippen LogP contribution in [-0.4, -0.2) is 182 Å². The monoisotopic (exact) mass is 1250 g/mol. The summed E-state index contributed by atoms with van der Waals surface area (Å²) in [5, 5.41) is 12.4. The van der Waals surface area contributed by atoms with Gasteiger partial charge in [-0.2, -0.15) is 0 Å². The molecule has 0 aromatic carbocycles. The number of fused-ring (bicyclic) bond motifs is 4. The zero-order valence-corrected chi connectivity index (χ0v) is 53.6. The Kier molecular flexibility index (Phi) is 19.4. The van der Waals surface area contributed by atoms with E-state index in [1.807, 2.05) is 20.8 Å². The second kappa shape index (κ2) is 25.3. The summed E-state index contributed by atoms with van der Waals surface area (Å²) < 4.78 is 100. The van der Waals surface area contributed by atoms with Gasteiger partial charge in [0.15, 0.2) is 67.4 Å². The Morgan fingerprint density at radius 2 is 1.10 bits per heavy atom. The lowest BCUT2D eigenvalue weighted by molar-refractivity contribution is -0.388. The van der Waals surface area contributed by atoms with Crippen LogP contribution in [-0.2, 0) is 114 Å². The minimum absolute atomic E-state index is 0.0752. The average molecular weight is 1250 g/mol. The molecule has 4 aliphatic carbocycles. The molecule has 0 amide bonds. The molecule has 9 rings (SSSR count). The van der Waals surface area contributed by atoms with E-state index in [0.717, 1.165) is 93.1 Å². The Balaban J connectivity index is 1.09. The highest BCUT2D eigenvalue weighted by molar-refractivity contribution is 5.70.